The van der Waals surface area contributed by atoms with Crippen molar-refractivity contribution in [3.05, 3.63) is 35.5 Å². The molecule has 0 saturated carbocycles. The Kier molecular flexibility index (Phi) is 2.49. The van der Waals surface area contributed by atoms with Gasteiger partial charge in [-0.3, -0.25) is 0 Å². The Morgan fingerprint density at radius 3 is 2.67 bits per heavy atom. The number of halogens is 1. The van der Waals surface area contributed by atoms with Crippen LogP contribution in [0.1, 0.15) is 18.4 Å². The lowest BCUT2D eigenvalue weighted by Gasteiger charge is -2.00. The summed E-state index contributed by atoms with van der Waals surface area (Å²) in [6, 6.07) is 4.95. The lowest BCUT2D eigenvalue weighted by atomic mass is 10.1. The van der Waals surface area contributed by atoms with Gasteiger partial charge in [0.15, 0.2) is 0 Å². The Bertz CT molecular complexity index is 479. The van der Waals surface area contributed by atoms with Gasteiger partial charge >= 0.3 is 0 Å². The first-order chi connectivity index (χ1) is 7.20. The summed E-state index contributed by atoms with van der Waals surface area (Å²) in [5, 5.41) is 7.53. The third-order valence-electron chi connectivity index (χ3n) is 2.21. The van der Waals surface area contributed by atoms with Crippen LogP contribution in [0, 0.1) is 12.7 Å². The average Bonchev–Trinajstić information content (AvgIpc) is 2.65. The highest BCUT2D eigenvalue weighted by molar-refractivity contribution is 5.53. The van der Waals surface area contributed by atoms with Gasteiger partial charge in [-0.05, 0) is 24.1 Å². The summed E-state index contributed by atoms with van der Waals surface area (Å²) in [5.41, 5.74) is 1.31. The number of benzene rings is 1. The summed E-state index contributed by atoms with van der Waals surface area (Å²) in [4.78, 5) is 0. The molecule has 1 heterocycles. The first-order valence-electron chi connectivity index (χ1n) is 4.79. The van der Waals surface area contributed by atoms with Crippen LogP contribution < -0.4 is 0 Å². The molecule has 1 aromatic carbocycles. The van der Waals surface area contributed by atoms with E-state index in [1.54, 1.807) is 19.1 Å². The number of hydrogen-bond acceptors (Lipinski definition) is 3. The number of rotatable bonds is 2. The van der Waals surface area contributed by atoms with Gasteiger partial charge in [0.05, 0.1) is 0 Å². The van der Waals surface area contributed by atoms with E-state index in [1.165, 1.54) is 6.07 Å². The van der Waals surface area contributed by atoms with Gasteiger partial charge < -0.3 is 4.42 Å². The van der Waals surface area contributed by atoms with E-state index in [-0.39, 0.29) is 5.82 Å². The molecule has 2 rings (SSSR count). The van der Waals surface area contributed by atoms with E-state index in [2.05, 4.69) is 10.2 Å². The molecule has 0 spiro atoms. The van der Waals surface area contributed by atoms with E-state index < -0.39 is 0 Å². The molecular weight excluding hydrogens is 195 g/mol. The van der Waals surface area contributed by atoms with Gasteiger partial charge in [-0.2, -0.15) is 0 Å². The van der Waals surface area contributed by atoms with Gasteiger partial charge in [-0.15, -0.1) is 10.2 Å². The van der Waals surface area contributed by atoms with E-state index >= 15 is 0 Å². The van der Waals surface area contributed by atoms with Crippen LogP contribution in [0.25, 0.3) is 11.5 Å². The Labute approximate surface area is 87.0 Å². The standard InChI is InChI=1S/C11H11FN2O/c1-3-8-4-5-9(6-10(8)12)11-14-13-7(2)15-11/h4-6H,3H2,1-2H3. The van der Waals surface area contributed by atoms with Crippen molar-refractivity contribution >= 4 is 0 Å². The summed E-state index contributed by atoms with van der Waals surface area (Å²) in [7, 11) is 0. The van der Waals surface area contributed by atoms with Crippen molar-refractivity contribution in [2.24, 2.45) is 0 Å². The van der Waals surface area contributed by atoms with Crippen molar-refractivity contribution in [2.45, 2.75) is 20.3 Å². The Morgan fingerprint density at radius 2 is 2.13 bits per heavy atom. The molecule has 15 heavy (non-hydrogen) atoms. The van der Waals surface area contributed by atoms with E-state index in [4.69, 9.17) is 4.42 Å². The first kappa shape index (κ1) is 9.83. The van der Waals surface area contributed by atoms with Crippen LogP contribution in [0.3, 0.4) is 0 Å². The van der Waals surface area contributed by atoms with Crippen LogP contribution in [0.5, 0.6) is 0 Å². The Hall–Kier alpha value is -1.71. The molecule has 3 nitrogen and oxygen atoms in total. The highest BCUT2D eigenvalue weighted by Gasteiger charge is 2.08. The maximum absolute atomic E-state index is 13.5. The van der Waals surface area contributed by atoms with Gasteiger partial charge in [-0.25, -0.2) is 4.39 Å². The van der Waals surface area contributed by atoms with Crippen LogP contribution in [-0.2, 0) is 6.42 Å². The minimum Gasteiger partial charge on any atom is -0.421 e. The number of aryl methyl sites for hydroxylation is 2. The molecular formula is C11H11FN2O. The van der Waals surface area contributed by atoms with Crippen molar-refractivity contribution < 1.29 is 8.81 Å². The van der Waals surface area contributed by atoms with E-state index in [0.717, 1.165) is 0 Å². The Balaban J connectivity index is 2.42. The van der Waals surface area contributed by atoms with Crippen molar-refractivity contribution in [1.29, 1.82) is 0 Å². The molecule has 0 fully saturated rings. The second-order valence-electron chi connectivity index (χ2n) is 3.29. The second-order valence-corrected chi connectivity index (χ2v) is 3.29. The number of hydrogen-bond donors (Lipinski definition) is 0. The summed E-state index contributed by atoms with van der Waals surface area (Å²) >= 11 is 0. The molecule has 0 aliphatic heterocycles. The minimum absolute atomic E-state index is 0.231. The maximum Gasteiger partial charge on any atom is 0.247 e. The van der Waals surface area contributed by atoms with Gasteiger partial charge in [0.25, 0.3) is 0 Å². The quantitative estimate of drug-likeness (QED) is 0.758. The molecule has 0 N–H and O–H groups in total. The zero-order chi connectivity index (χ0) is 10.8. The summed E-state index contributed by atoms with van der Waals surface area (Å²) in [6.45, 7) is 3.61. The molecule has 0 aliphatic carbocycles. The Morgan fingerprint density at radius 1 is 1.33 bits per heavy atom. The highest BCUT2D eigenvalue weighted by Crippen LogP contribution is 2.20. The molecule has 1 aromatic heterocycles. The van der Waals surface area contributed by atoms with E-state index in [9.17, 15) is 4.39 Å². The fraction of sp³-hybridized carbons (Fsp3) is 0.273. The van der Waals surface area contributed by atoms with Crippen molar-refractivity contribution in [1.82, 2.24) is 10.2 Å². The fourth-order valence-corrected chi connectivity index (χ4v) is 1.38. The first-order valence-corrected chi connectivity index (χ1v) is 4.79. The lowest BCUT2D eigenvalue weighted by Crippen LogP contribution is -1.88. The summed E-state index contributed by atoms with van der Waals surface area (Å²) in [6.07, 6.45) is 0.676. The second kappa shape index (κ2) is 3.81. The molecule has 0 saturated heterocycles. The topological polar surface area (TPSA) is 38.9 Å². The zero-order valence-electron chi connectivity index (χ0n) is 8.62. The normalized spacial score (nSPS) is 10.6. The largest absolute Gasteiger partial charge is 0.421 e. The highest BCUT2D eigenvalue weighted by atomic mass is 19.1. The average molecular weight is 206 g/mol. The smallest absolute Gasteiger partial charge is 0.247 e. The van der Waals surface area contributed by atoms with Gasteiger partial charge in [-0.1, -0.05) is 13.0 Å². The molecule has 78 valence electrons. The van der Waals surface area contributed by atoms with Crippen molar-refractivity contribution in [3.63, 3.8) is 0 Å². The number of nitrogens with zero attached hydrogens (tertiary/aromatic N) is 2. The molecule has 0 unspecified atom stereocenters. The van der Waals surface area contributed by atoms with Gasteiger partial charge in [0.1, 0.15) is 5.82 Å². The van der Waals surface area contributed by atoms with E-state index in [0.29, 0.717) is 29.3 Å². The van der Waals surface area contributed by atoms with Crippen LogP contribution in [0.2, 0.25) is 0 Å². The molecule has 0 amide bonds. The minimum atomic E-state index is -0.231. The molecule has 0 bridgehead atoms. The predicted molar refractivity (Wildman–Crippen MR) is 53.8 cm³/mol. The summed E-state index contributed by atoms with van der Waals surface area (Å²) in [5.74, 6) is 0.602. The molecule has 2 aromatic rings. The van der Waals surface area contributed by atoms with Crippen LogP contribution in [-0.4, -0.2) is 10.2 Å². The van der Waals surface area contributed by atoms with Crippen LogP contribution in [0.4, 0.5) is 4.39 Å². The maximum atomic E-state index is 13.5. The van der Waals surface area contributed by atoms with Crippen molar-refractivity contribution in [2.75, 3.05) is 0 Å². The predicted octanol–water partition coefficient (Wildman–Crippen LogP) is 2.75. The van der Waals surface area contributed by atoms with Crippen molar-refractivity contribution in [3.8, 4) is 11.5 Å². The SMILES string of the molecule is CCc1ccc(-c2nnc(C)o2)cc1F. The van der Waals surface area contributed by atoms with Gasteiger partial charge in [0, 0.05) is 12.5 Å². The fourth-order valence-electron chi connectivity index (χ4n) is 1.38. The molecule has 0 radical (unpaired) electrons. The summed E-state index contributed by atoms with van der Waals surface area (Å²) < 4.78 is 18.7. The van der Waals surface area contributed by atoms with Crippen LogP contribution >= 0.6 is 0 Å². The molecule has 4 heteroatoms. The monoisotopic (exact) mass is 206 g/mol. The number of aromatic nitrogens is 2. The van der Waals surface area contributed by atoms with Crippen LogP contribution in [0.15, 0.2) is 22.6 Å². The zero-order valence-corrected chi connectivity index (χ0v) is 8.62. The molecule has 0 aliphatic rings. The third kappa shape index (κ3) is 1.88. The lowest BCUT2D eigenvalue weighted by molar-refractivity contribution is 0.531. The molecule has 0 atom stereocenters. The van der Waals surface area contributed by atoms with Gasteiger partial charge in [0.2, 0.25) is 11.8 Å². The third-order valence-corrected chi connectivity index (χ3v) is 2.21. The van der Waals surface area contributed by atoms with E-state index in [1.807, 2.05) is 6.92 Å².